The summed E-state index contributed by atoms with van der Waals surface area (Å²) in [6.45, 7) is 6.69. The molecule has 0 saturated heterocycles. The zero-order valence-corrected chi connectivity index (χ0v) is 15.1. The molecule has 0 aliphatic heterocycles. The van der Waals surface area contributed by atoms with E-state index < -0.39 is 0 Å². The summed E-state index contributed by atoms with van der Waals surface area (Å²) in [4.78, 5) is 12.3. The molecule has 2 atom stereocenters. The summed E-state index contributed by atoms with van der Waals surface area (Å²) < 4.78 is 16.0. The number of benzene rings is 1. The first-order valence-corrected chi connectivity index (χ1v) is 8.45. The Morgan fingerprint density at radius 2 is 1.83 bits per heavy atom. The lowest BCUT2D eigenvalue weighted by Gasteiger charge is -2.18. The Hall–Kier alpha value is -1.71. The van der Waals surface area contributed by atoms with E-state index in [0.717, 1.165) is 18.4 Å². The molecule has 4 heteroatoms. The van der Waals surface area contributed by atoms with E-state index in [1.54, 1.807) is 14.2 Å². The highest BCUT2D eigenvalue weighted by molar-refractivity contribution is 5.78. The molecule has 1 aromatic carbocycles. The SMILES string of the molecule is CCCCC(CC)COC(=O)C(C)c1ccc(OC)c(OC)c1. The van der Waals surface area contributed by atoms with Crippen molar-refractivity contribution in [1.29, 1.82) is 0 Å². The van der Waals surface area contributed by atoms with Crippen molar-refractivity contribution in [3.8, 4) is 11.5 Å². The molecular formula is C19H30O4. The molecule has 1 aromatic rings. The number of esters is 1. The van der Waals surface area contributed by atoms with E-state index in [1.807, 2.05) is 25.1 Å². The van der Waals surface area contributed by atoms with Crippen LogP contribution in [0.25, 0.3) is 0 Å². The maximum Gasteiger partial charge on any atom is 0.313 e. The van der Waals surface area contributed by atoms with Crippen molar-refractivity contribution >= 4 is 5.97 Å². The quantitative estimate of drug-likeness (QED) is 0.592. The molecule has 0 radical (unpaired) electrons. The maximum atomic E-state index is 12.3. The third kappa shape index (κ3) is 5.77. The topological polar surface area (TPSA) is 44.8 Å². The highest BCUT2D eigenvalue weighted by Crippen LogP contribution is 2.31. The number of rotatable bonds is 10. The molecular weight excluding hydrogens is 292 g/mol. The Balaban J connectivity index is 2.65. The van der Waals surface area contributed by atoms with Crippen LogP contribution >= 0.6 is 0 Å². The summed E-state index contributed by atoms with van der Waals surface area (Å²) in [6, 6.07) is 5.52. The van der Waals surface area contributed by atoms with Crippen molar-refractivity contribution in [2.45, 2.75) is 52.4 Å². The van der Waals surface area contributed by atoms with E-state index in [1.165, 1.54) is 12.8 Å². The normalized spacial score (nSPS) is 13.3. The minimum atomic E-state index is -0.321. The highest BCUT2D eigenvalue weighted by Gasteiger charge is 2.20. The molecule has 0 amide bonds. The van der Waals surface area contributed by atoms with Crippen LogP contribution in [0.3, 0.4) is 0 Å². The number of hydrogen-bond donors (Lipinski definition) is 0. The Morgan fingerprint density at radius 1 is 1.13 bits per heavy atom. The highest BCUT2D eigenvalue weighted by atomic mass is 16.5. The fraction of sp³-hybridized carbons (Fsp3) is 0.632. The summed E-state index contributed by atoms with van der Waals surface area (Å²) in [5.41, 5.74) is 0.870. The molecule has 2 unspecified atom stereocenters. The van der Waals surface area contributed by atoms with Gasteiger partial charge in [-0.15, -0.1) is 0 Å². The maximum absolute atomic E-state index is 12.3. The van der Waals surface area contributed by atoms with Gasteiger partial charge in [0.25, 0.3) is 0 Å². The summed E-state index contributed by atoms with van der Waals surface area (Å²) >= 11 is 0. The molecule has 4 nitrogen and oxygen atoms in total. The number of carbonyl (C=O) groups excluding carboxylic acids is 1. The lowest BCUT2D eigenvalue weighted by Crippen LogP contribution is -2.18. The molecule has 0 fully saturated rings. The monoisotopic (exact) mass is 322 g/mol. The number of ether oxygens (including phenoxy) is 3. The zero-order chi connectivity index (χ0) is 17.2. The summed E-state index contributed by atoms with van der Waals surface area (Å²) in [5.74, 6) is 1.23. The second kappa shape index (κ2) is 10.1. The van der Waals surface area contributed by atoms with Gasteiger partial charge in [-0.05, 0) is 37.0 Å². The summed E-state index contributed by atoms with van der Waals surface area (Å²) in [6.07, 6.45) is 4.51. The fourth-order valence-corrected chi connectivity index (χ4v) is 2.48. The smallest absolute Gasteiger partial charge is 0.313 e. The molecule has 0 N–H and O–H groups in total. The summed E-state index contributed by atoms with van der Waals surface area (Å²) in [7, 11) is 3.18. The number of carbonyl (C=O) groups is 1. The van der Waals surface area contributed by atoms with Gasteiger partial charge in [0, 0.05) is 0 Å². The Labute approximate surface area is 140 Å². The molecule has 130 valence electrons. The van der Waals surface area contributed by atoms with Gasteiger partial charge >= 0.3 is 5.97 Å². The van der Waals surface area contributed by atoms with Crippen LogP contribution in [0.1, 0.15) is 57.9 Å². The first-order chi connectivity index (χ1) is 11.1. The average molecular weight is 322 g/mol. The van der Waals surface area contributed by atoms with Crippen molar-refractivity contribution in [1.82, 2.24) is 0 Å². The van der Waals surface area contributed by atoms with E-state index in [9.17, 15) is 4.79 Å². The van der Waals surface area contributed by atoms with Gasteiger partial charge in [-0.1, -0.05) is 39.2 Å². The summed E-state index contributed by atoms with van der Waals surface area (Å²) in [5, 5.41) is 0. The second-order valence-electron chi connectivity index (χ2n) is 5.88. The van der Waals surface area contributed by atoms with Crippen LogP contribution < -0.4 is 9.47 Å². The van der Waals surface area contributed by atoms with Gasteiger partial charge in [-0.3, -0.25) is 4.79 Å². The van der Waals surface area contributed by atoms with Crippen molar-refractivity contribution in [3.63, 3.8) is 0 Å². The average Bonchev–Trinajstić information content (AvgIpc) is 2.60. The Bertz CT molecular complexity index is 484. The van der Waals surface area contributed by atoms with Gasteiger partial charge in [-0.2, -0.15) is 0 Å². The number of hydrogen-bond acceptors (Lipinski definition) is 4. The van der Waals surface area contributed by atoms with E-state index >= 15 is 0 Å². The molecule has 0 saturated carbocycles. The van der Waals surface area contributed by atoms with Gasteiger partial charge in [0.1, 0.15) is 0 Å². The molecule has 0 aromatic heterocycles. The van der Waals surface area contributed by atoms with Crippen LogP contribution in [0.5, 0.6) is 11.5 Å². The first-order valence-electron chi connectivity index (χ1n) is 8.45. The molecule has 0 bridgehead atoms. The molecule has 0 aliphatic carbocycles. The first kappa shape index (κ1) is 19.3. The number of unbranched alkanes of at least 4 members (excludes halogenated alkanes) is 1. The molecule has 0 spiro atoms. The van der Waals surface area contributed by atoms with Gasteiger partial charge < -0.3 is 14.2 Å². The van der Waals surface area contributed by atoms with Crippen LogP contribution in [0, 0.1) is 5.92 Å². The van der Waals surface area contributed by atoms with E-state index in [0.29, 0.717) is 24.0 Å². The molecule has 1 rings (SSSR count). The van der Waals surface area contributed by atoms with Crippen molar-refractivity contribution in [3.05, 3.63) is 23.8 Å². The second-order valence-corrected chi connectivity index (χ2v) is 5.88. The fourth-order valence-electron chi connectivity index (χ4n) is 2.48. The standard InChI is InChI=1S/C19H30O4/c1-6-8-9-15(7-2)13-23-19(20)14(3)16-10-11-17(21-4)18(12-16)22-5/h10-12,14-15H,6-9,13H2,1-5H3. The van der Waals surface area contributed by atoms with Crippen molar-refractivity contribution in [2.24, 2.45) is 5.92 Å². The minimum absolute atomic E-state index is 0.188. The van der Waals surface area contributed by atoms with Crippen LogP contribution in [0.4, 0.5) is 0 Å². The van der Waals surface area contributed by atoms with E-state index in [4.69, 9.17) is 14.2 Å². The van der Waals surface area contributed by atoms with Crippen LogP contribution in [-0.2, 0) is 9.53 Å². The van der Waals surface area contributed by atoms with Crippen LogP contribution in [-0.4, -0.2) is 26.8 Å². The van der Waals surface area contributed by atoms with Crippen molar-refractivity contribution in [2.75, 3.05) is 20.8 Å². The van der Waals surface area contributed by atoms with Gasteiger partial charge in [-0.25, -0.2) is 0 Å². The van der Waals surface area contributed by atoms with E-state index in [2.05, 4.69) is 13.8 Å². The lowest BCUT2D eigenvalue weighted by molar-refractivity contribution is -0.146. The Kier molecular flexibility index (Phi) is 8.52. The Morgan fingerprint density at radius 3 is 2.39 bits per heavy atom. The minimum Gasteiger partial charge on any atom is -0.493 e. The number of methoxy groups -OCH3 is 2. The lowest BCUT2D eigenvalue weighted by atomic mass is 9.99. The van der Waals surface area contributed by atoms with Gasteiger partial charge in [0.05, 0.1) is 26.7 Å². The van der Waals surface area contributed by atoms with E-state index in [-0.39, 0.29) is 11.9 Å². The van der Waals surface area contributed by atoms with Crippen LogP contribution in [0.15, 0.2) is 18.2 Å². The largest absolute Gasteiger partial charge is 0.493 e. The van der Waals surface area contributed by atoms with Crippen LogP contribution in [0.2, 0.25) is 0 Å². The predicted molar refractivity (Wildman–Crippen MR) is 92.2 cm³/mol. The zero-order valence-electron chi connectivity index (χ0n) is 15.1. The third-order valence-electron chi connectivity index (χ3n) is 4.27. The van der Waals surface area contributed by atoms with Crippen molar-refractivity contribution < 1.29 is 19.0 Å². The van der Waals surface area contributed by atoms with Gasteiger partial charge in [0.2, 0.25) is 0 Å². The molecule has 0 heterocycles. The third-order valence-corrected chi connectivity index (χ3v) is 4.27. The molecule has 0 aliphatic rings. The predicted octanol–water partition coefficient (Wildman–Crippen LogP) is 4.57. The molecule has 23 heavy (non-hydrogen) atoms. The van der Waals surface area contributed by atoms with Gasteiger partial charge in [0.15, 0.2) is 11.5 Å².